The summed E-state index contributed by atoms with van der Waals surface area (Å²) in [7, 11) is 2.02. The molecule has 1 atom stereocenters. The lowest BCUT2D eigenvalue weighted by molar-refractivity contribution is 0.209. The van der Waals surface area contributed by atoms with Gasteiger partial charge in [0.25, 0.3) is 0 Å². The Morgan fingerprint density at radius 1 is 1.39 bits per heavy atom. The van der Waals surface area contributed by atoms with Gasteiger partial charge in [-0.3, -0.25) is 9.88 Å². The summed E-state index contributed by atoms with van der Waals surface area (Å²) in [5.41, 5.74) is 6.85. The number of rotatable bonds is 5. The maximum Gasteiger partial charge on any atom is 0.169 e. The Labute approximate surface area is 115 Å². The van der Waals surface area contributed by atoms with Crippen molar-refractivity contribution in [3.8, 4) is 0 Å². The molecule has 0 aliphatic carbocycles. The number of aromatic nitrogens is 1. The van der Waals surface area contributed by atoms with Crippen LogP contribution < -0.4 is 5.73 Å². The summed E-state index contributed by atoms with van der Waals surface area (Å²) in [6, 6.07) is 9.77. The zero-order valence-corrected chi connectivity index (χ0v) is 11.8. The standard InChI is InChI=1S/C13H16BrN3O/c1-17(9-10-4-2-3-7-16-10)11(8-15)12-5-6-13(14)18-12/h2-7,11H,8-9,15H2,1H3. The van der Waals surface area contributed by atoms with E-state index in [2.05, 4.69) is 25.8 Å². The Morgan fingerprint density at radius 2 is 2.22 bits per heavy atom. The summed E-state index contributed by atoms with van der Waals surface area (Å²) in [5.74, 6) is 0.864. The molecule has 2 heterocycles. The molecule has 2 rings (SSSR count). The van der Waals surface area contributed by atoms with Gasteiger partial charge in [-0.15, -0.1) is 0 Å². The van der Waals surface area contributed by atoms with Crippen LogP contribution in [0.15, 0.2) is 45.6 Å². The molecule has 1 unspecified atom stereocenters. The fraction of sp³-hybridized carbons (Fsp3) is 0.308. The van der Waals surface area contributed by atoms with Crippen LogP contribution in [0.5, 0.6) is 0 Å². The number of halogens is 1. The number of hydrogen-bond donors (Lipinski definition) is 1. The molecular formula is C13H16BrN3O. The summed E-state index contributed by atoms with van der Waals surface area (Å²) < 4.78 is 6.29. The molecule has 96 valence electrons. The van der Waals surface area contributed by atoms with E-state index in [1.165, 1.54) is 0 Å². The first-order valence-electron chi connectivity index (χ1n) is 5.76. The zero-order valence-electron chi connectivity index (χ0n) is 10.2. The predicted octanol–water partition coefficient (Wildman–Crippen LogP) is 2.57. The van der Waals surface area contributed by atoms with E-state index in [-0.39, 0.29) is 6.04 Å². The number of pyridine rings is 1. The first-order valence-corrected chi connectivity index (χ1v) is 6.55. The molecule has 5 heteroatoms. The van der Waals surface area contributed by atoms with Crippen LogP contribution in [0.1, 0.15) is 17.5 Å². The average Bonchev–Trinajstić information content (AvgIpc) is 2.78. The molecule has 0 aromatic carbocycles. The van der Waals surface area contributed by atoms with Gasteiger partial charge in [0, 0.05) is 19.3 Å². The summed E-state index contributed by atoms with van der Waals surface area (Å²) in [6.07, 6.45) is 1.80. The SMILES string of the molecule is CN(Cc1ccccn1)C(CN)c1ccc(Br)o1. The Balaban J connectivity index is 2.08. The number of nitrogens with two attached hydrogens (primary N) is 1. The van der Waals surface area contributed by atoms with Crippen LogP contribution >= 0.6 is 15.9 Å². The average molecular weight is 310 g/mol. The zero-order chi connectivity index (χ0) is 13.0. The fourth-order valence-electron chi connectivity index (χ4n) is 1.88. The predicted molar refractivity (Wildman–Crippen MR) is 73.9 cm³/mol. The Morgan fingerprint density at radius 3 is 2.78 bits per heavy atom. The smallest absolute Gasteiger partial charge is 0.169 e. The second-order valence-corrected chi connectivity index (χ2v) is 4.91. The maximum absolute atomic E-state index is 5.83. The van der Waals surface area contributed by atoms with E-state index >= 15 is 0 Å². The number of hydrogen-bond acceptors (Lipinski definition) is 4. The van der Waals surface area contributed by atoms with E-state index in [0.717, 1.165) is 22.7 Å². The van der Waals surface area contributed by atoms with Crippen LogP contribution in [-0.4, -0.2) is 23.5 Å². The van der Waals surface area contributed by atoms with Gasteiger partial charge in [-0.2, -0.15) is 0 Å². The molecule has 0 aliphatic rings. The van der Waals surface area contributed by atoms with Crippen LogP contribution in [0.3, 0.4) is 0 Å². The van der Waals surface area contributed by atoms with Crippen LogP contribution in [0.2, 0.25) is 0 Å². The lowest BCUT2D eigenvalue weighted by atomic mass is 10.2. The normalized spacial score (nSPS) is 12.9. The quantitative estimate of drug-likeness (QED) is 0.922. The van der Waals surface area contributed by atoms with E-state index in [1.54, 1.807) is 6.20 Å². The van der Waals surface area contributed by atoms with Gasteiger partial charge >= 0.3 is 0 Å². The highest BCUT2D eigenvalue weighted by Gasteiger charge is 2.19. The summed E-state index contributed by atoms with van der Waals surface area (Å²) in [5, 5.41) is 0. The third-order valence-electron chi connectivity index (χ3n) is 2.82. The first-order chi connectivity index (χ1) is 8.70. The van der Waals surface area contributed by atoms with Crippen molar-refractivity contribution in [3.63, 3.8) is 0 Å². The molecule has 2 aromatic heterocycles. The minimum atomic E-state index is 0.0540. The van der Waals surface area contributed by atoms with Gasteiger partial charge in [0.15, 0.2) is 4.67 Å². The molecule has 0 saturated carbocycles. The van der Waals surface area contributed by atoms with E-state index in [1.807, 2.05) is 37.4 Å². The molecule has 2 N–H and O–H groups in total. The molecule has 0 aliphatic heterocycles. The van der Waals surface area contributed by atoms with Crippen LogP contribution in [0.25, 0.3) is 0 Å². The van der Waals surface area contributed by atoms with Crippen molar-refractivity contribution in [1.82, 2.24) is 9.88 Å². The van der Waals surface area contributed by atoms with Crippen molar-refractivity contribution >= 4 is 15.9 Å². The molecule has 0 saturated heterocycles. The highest BCUT2D eigenvalue weighted by atomic mass is 79.9. The molecule has 2 aromatic rings. The van der Waals surface area contributed by atoms with Crippen LogP contribution in [0, 0.1) is 0 Å². The van der Waals surface area contributed by atoms with Crippen LogP contribution in [-0.2, 0) is 6.54 Å². The number of nitrogens with zero attached hydrogens (tertiary/aromatic N) is 2. The molecule has 0 bridgehead atoms. The van der Waals surface area contributed by atoms with E-state index in [0.29, 0.717) is 6.54 Å². The summed E-state index contributed by atoms with van der Waals surface area (Å²) in [6.45, 7) is 1.24. The number of furan rings is 1. The van der Waals surface area contributed by atoms with Crippen molar-refractivity contribution in [2.45, 2.75) is 12.6 Å². The summed E-state index contributed by atoms with van der Waals surface area (Å²) in [4.78, 5) is 6.44. The van der Waals surface area contributed by atoms with Gasteiger partial charge in [0.2, 0.25) is 0 Å². The van der Waals surface area contributed by atoms with Crippen molar-refractivity contribution in [2.24, 2.45) is 5.73 Å². The van der Waals surface area contributed by atoms with Gasteiger partial charge in [-0.1, -0.05) is 6.07 Å². The van der Waals surface area contributed by atoms with Crippen molar-refractivity contribution in [3.05, 3.63) is 52.7 Å². The Kier molecular flexibility index (Phi) is 4.52. The van der Waals surface area contributed by atoms with E-state index in [9.17, 15) is 0 Å². The van der Waals surface area contributed by atoms with Crippen molar-refractivity contribution in [2.75, 3.05) is 13.6 Å². The van der Waals surface area contributed by atoms with Crippen LogP contribution in [0.4, 0.5) is 0 Å². The Bertz CT molecular complexity index is 486. The first kappa shape index (κ1) is 13.3. The van der Waals surface area contributed by atoms with Gasteiger partial charge in [-0.25, -0.2) is 0 Å². The van der Waals surface area contributed by atoms with E-state index in [4.69, 9.17) is 10.2 Å². The van der Waals surface area contributed by atoms with Gasteiger partial charge in [0.1, 0.15) is 5.76 Å². The minimum absolute atomic E-state index is 0.0540. The highest BCUT2D eigenvalue weighted by Crippen LogP contribution is 2.24. The monoisotopic (exact) mass is 309 g/mol. The Hall–Kier alpha value is -1.17. The topological polar surface area (TPSA) is 55.3 Å². The molecule has 0 fully saturated rings. The minimum Gasteiger partial charge on any atom is -0.453 e. The molecule has 0 radical (unpaired) electrons. The van der Waals surface area contributed by atoms with Gasteiger partial charge in [-0.05, 0) is 47.2 Å². The second kappa shape index (κ2) is 6.13. The molecular weight excluding hydrogens is 294 g/mol. The third kappa shape index (κ3) is 3.19. The van der Waals surface area contributed by atoms with E-state index < -0.39 is 0 Å². The highest BCUT2D eigenvalue weighted by molar-refractivity contribution is 9.10. The largest absolute Gasteiger partial charge is 0.453 e. The van der Waals surface area contributed by atoms with Crippen molar-refractivity contribution in [1.29, 1.82) is 0 Å². The maximum atomic E-state index is 5.83. The molecule has 4 nitrogen and oxygen atoms in total. The van der Waals surface area contributed by atoms with Crippen molar-refractivity contribution < 1.29 is 4.42 Å². The molecule has 18 heavy (non-hydrogen) atoms. The fourth-order valence-corrected chi connectivity index (χ4v) is 2.20. The number of likely N-dealkylation sites (N-methyl/N-ethyl adjacent to an activating group) is 1. The van der Waals surface area contributed by atoms with Gasteiger partial charge < -0.3 is 10.2 Å². The lowest BCUT2D eigenvalue weighted by Crippen LogP contribution is -2.30. The molecule has 0 spiro atoms. The van der Waals surface area contributed by atoms with Gasteiger partial charge in [0.05, 0.1) is 11.7 Å². The lowest BCUT2D eigenvalue weighted by Gasteiger charge is -2.24. The summed E-state index contributed by atoms with van der Waals surface area (Å²) >= 11 is 3.31. The third-order valence-corrected chi connectivity index (χ3v) is 3.24. The second-order valence-electron chi connectivity index (χ2n) is 4.13. The molecule has 0 amide bonds.